The lowest BCUT2D eigenvalue weighted by molar-refractivity contribution is 0.664. The van der Waals surface area contributed by atoms with Gasteiger partial charge in [-0.1, -0.05) is 243 Å². The summed E-state index contributed by atoms with van der Waals surface area (Å²) in [5, 5.41) is 8.49. The van der Waals surface area contributed by atoms with E-state index in [0.29, 0.717) is 0 Å². The molecular formula is C86H56N2O2. The van der Waals surface area contributed by atoms with Crippen molar-refractivity contribution in [3.8, 4) is 66.8 Å². The van der Waals surface area contributed by atoms with Gasteiger partial charge in [0.25, 0.3) is 0 Å². The highest BCUT2D eigenvalue weighted by Gasteiger charge is 2.25. The number of nitrogens with zero attached hydrogens (tertiary/aromatic N) is 2. The number of anilines is 6. The van der Waals surface area contributed by atoms with Gasteiger partial charge in [-0.05, 0) is 163 Å². The van der Waals surface area contributed by atoms with Crippen molar-refractivity contribution in [3.05, 3.63) is 340 Å². The van der Waals surface area contributed by atoms with Crippen molar-refractivity contribution in [1.29, 1.82) is 0 Å². The van der Waals surface area contributed by atoms with Gasteiger partial charge in [0.15, 0.2) is 0 Å². The summed E-state index contributed by atoms with van der Waals surface area (Å²) in [6.45, 7) is 0. The van der Waals surface area contributed by atoms with Gasteiger partial charge in [0.2, 0.25) is 0 Å². The van der Waals surface area contributed by atoms with Crippen LogP contribution >= 0.6 is 0 Å². The van der Waals surface area contributed by atoms with Crippen molar-refractivity contribution in [2.75, 3.05) is 9.80 Å². The van der Waals surface area contributed by atoms with E-state index in [9.17, 15) is 0 Å². The van der Waals surface area contributed by atoms with E-state index in [0.717, 1.165) is 155 Å². The van der Waals surface area contributed by atoms with Gasteiger partial charge in [-0.25, -0.2) is 0 Å². The molecule has 0 atom stereocenters. The maximum absolute atomic E-state index is 6.93. The summed E-state index contributed by atoms with van der Waals surface area (Å²) in [5.74, 6) is 0. The van der Waals surface area contributed by atoms with Crippen LogP contribution in [-0.4, -0.2) is 0 Å². The Labute approximate surface area is 521 Å². The molecule has 17 aromatic rings. The zero-order valence-electron chi connectivity index (χ0n) is 49.0. The summed E-state index contributed by atoms with van der Waals surface area (Å²) in [5.41, 5.74) is 23.4. The molecule has 0 aliphatic carbocycles. The van der Waals surface area contributed by atoms with Gasteiger partial charge in [0.1, 0.15) is 22.3 Å². The minimum Gasteiger partial charge on any atom is -0.456 e. The second-order valence-corrected chi connectivity index (χ2v) is 23.2. The maximum Gasteiger partial charge on any atom is 0.136 e. The van der Waals surface area contributed by atoms with Crippen molar-refractivity contribution in [3.63, 3.8) is 0 Å². The Morgan fingerprint density at radius 1 is 0.178 bits per heavy atom. The van der Waals surface area contributed by atoms with Gasteiger partial charge in [0, 0.05) is 55.2 Å². The molecule has 2 heterocycles. The molecule has 4 heteroatoms. The third kappa shape index (κ3) is 9.34. The van der Waals surface area contributed by atoms with Crippen LogP contribution in [0.4, 0.5) is 34.1 Å². The predicted octanol–water partition coefficient (Wildman–Crippen LogP) is 24.7. The molecule has 0 amide bonds. The Hall–Kier alpha value is -12.0. The lowest BCUT2D eigenvalue weighted by Gasteiger charge is -2.30. The second-order valence-electron chi connectivity index (χ2n) is 23.2. The number of hydrogen-bond acceptors (Lipinski definition) is 4. The van der Waals surface area contributed by atoms with E-state index < -0.39 is 0 Å². The Morgan fingerprint density at radius 2 is 0.478 bits per heavy atom. The number of para-hydroxylation sites is 2. The highest BCUT2D eigenvalue weighted by atomic mass is 16.3. The van der Waals surface area contributed by atoms with Gasteiger partial charge < -0.3 is 18.6 Å². The SMILES string of the molecule is c1ccc(-c2ccc(N(c3ccc4cc5c(cc4c3)oc3cc4c(cc35)oc3cc5cc(N(c6ccccc6-c6ccccc6)c6ccc(-c7ccccc7)cc6-c6ccccc6)ccc5cc34)c3ccccc3-c3ccccc3)c(-c3ccccc3)c2)cc1. The zero-order chi connectivity index (χ0) is 59.5. The minimum absolute atomic E-state index is 0.816. The summed E-state index contributed by atoms with van der Waals surface area (Å²) < 4.78 is 13.9. The second kappa shape index (κ2) is 22.1. The van der Waals surface area contributed by atoms with E-state index in [4.69, 9.17) is 8.83 Å². The van der Waals surface area contributed by atoms with Crippen LogP contribution < -0.4 is 9.80 Å². The van der Waals surface area contributed by atoms with Crippen molar-refractivity contribution in [1.82, 2.24) is 0 Å². The molecule has 0 unspecified atom stereocenters. The van der Waals surface area contributed by atoms with Gasteiger partial charge >= 0.3 is 0 Å². The van der Waals surface area contributed by atoms with Crippen LogP contribution in [0.1, 0.15) is 0 Å². The van der Waals surface area contributed by atoms with E-state index >= 15 is 0 Å². The van der Waals surface area contributed by atoms with Crippen LogP contribution in [0.2, 0.25) is 0 Å². The molecule has 4 nitrogen and oxygen atoms in total. The summed E-state index contributed by atoms with van der Waals surface area (Å²) in [6.07, 6.45) is 0. The lowest BCUT2D eigenvalue weighted by Crippen LogP contribution is -2.12. The number of furan rings is 2. The van der Waals surface area contributed by atoms with Crippen molar-refractivity contribution in [2.24, 2.45) is 0 Å². The fraction of sp³-hybridized carbons (Fsp3) is 0. The molecule has 0 fully saturated rings. The molecule has 15 aromatic carbocycles. The highest BCUT2D eigenvalue weighted by Crippen LogP contribution is 2.50. The van der Waals surface area contributed by atoms with Crippen LogP contribution in [0.3, 0.4) is 0 Å². The van der Waals surface area contributed by atoms with Crippen LogP contribution in [0, 0.1) is 0 Å². The Bertz CT molecular complexity index is 5180. The van der Waals surface area contributed by atoms with Crippen LogP contribution in [-0.2, 0) is 0 Å². The smallest absolute Gasteiger partial charge is 0.136 e. The number of fused-ring (bicyclic) bond motifs is 8. The Morgan fingerprint density at radius 3 is 0.856 bits per heavy atom. The minimum atomic E-state index is 0.816. The van der Waals surface area contributed by atoms with E-state index in [2.05, 4.69) is 350 Å². The lowest BCUT2D eigenvalue weighted by atomic mass is 9.95. The topological polar surface area (TPSA) is 32.8 Å². The molecule has 0 aliphatic heterocycles. The van der Waals surface area contributed by atoms with Crippen LogP contribution in [0.25, 0.3) is 132 Å². The number of rotatable bonds is 12. The van der Waals surface area contributed by atoms with Gasteiger partial charge in [-0.3, -0.25) is 0 Å². The summed E-state index contributed by atoms with van der Waals surface area (Å²) >= 11 is 0. The molecule has 0 radical (unpaired) electrons. The van der Waals surface area contributed by atoms with Crippen LogP contribution in [0.15, 0.2) is 349 Å². The molecular weight excluding hydrogens is 1090 g/mol. The van der Waals surface area contributed by atoms with Gasteiger partial charge in [-0.15, -0.1) is 0 Å². The maximum atomic E-state index is 6.93. The predicted molar refractivity (Wildman–Crippen MR) is 378 cm³/mol. The molecule has 90 heavy (non-hydrogen) atoms. The van der Waals surface area contributed by atoms with Crippen LogP contribution in [0.5, 0.6) is 0 Å². The summed E-state index contributed by atoms with van der Waals surface area (Å²) in [4.78, 5) is 4.86. The average molecular weight is 1150 g/mol. The van der Waals surface area contributed by atoms with Crippen molar-refractivity contribution < 1.29 is 8.83 Å². The fourth-order valence-electron chi connectivity index (χ4n) is 13.4. The Balaban J connectivity index is 0.784. The Kier molecular flexibility index (Phi) is 12.8. The van der Waals surface area contributed by atoms with Gasteiger partial charge in [-0.2, -0.15) is 0 Å². The molecule has 17 rings (SSSR count). The fourth-order valence-corrected chi connectivity index (χ4v) is 13.4. The van der Waals surface area contributed by atoms with Crippen molar-refractivity contribution in [2.45, 2.75) is 0 Å². The monoisotopic (exact) mass is 1150 g/mol. The van der Waals surface area contributed by atoms with E-state index in [1.165, 1.54) is 11.1 Å². The first kappa shape index (κ1) is 52.4. The summed E-state index contributed by atoms with van der Waals surface area (Å²) in [6, 6.07) is 122. The molecule has 0 aliphatic rings. The number of benzene rings is 15. The van der Waals surface area contributed by atoms with E-state index in [1.807, 2.05) is 0 Å². The first-order valence-corrected chi connectivity index (χ1v) is 30.7. The highest BCUT2D eigenvalue weighted by molar-refractivity contribution is 6.18. The molecule has 422 valence electrons. The first-order valence-electron chi connectivity index (χ1n) is 30.7. The number of hydrogen-bond donors (Lipinski definition) is 0. The first-order chi connectivity index (χ1) is 44.6. The van der Waals surface area contributed by atoms with E-state index in [1.54, 1.807) is 0 Å². The summed E-state index contributed by atoms with van der Waals surface area (Å²) in [7, 11) is 0. The van der Waals surface area contributed by atoms with Crippen molar-refractivity contribution >= 4 is 99.5 Å². The van der Waals surface area contributed by atoms with E-state index in [-0.39, 0.29) is 0 Å². The standard InChI is InChI=1S/C86H56N2O2/c1-7-23-57(24-8-1)63-41-45-81(73(49-63)61-31-15-5-16-32-61)87(79-37-21-19-35-71(79)59-27-11-3-12-28-59)69-43-39-65-51-75-77-55-86-78(56-85(77)89-83(75)53-67(65)47-69)76-52-66-40-44-70(48-68(66)54-84(76)90-86)88(80-38-22-20-36-72(80)60-29-13-4-14-30-60)82-46-42-64(58-25-9-2-10-26-58)50-74(82)62-33-17-6-18-34-62/h1-56H. The zero-order valence-corrected chi connectivity index (χ0v) is 49.0. The molecule has 0 bridgehead atoms. The third-order valence-corrected chi connectivity index (χ3v) is 17.8. The third-order valence-electron chi connectivity index (χ3n) is 17.8. The molecule has 2 aromatic heterocycles. The average Bonchev–Trinajstić information content (AvgIpc) is 1.55. The molecule has 0 saturated carbocycles. The van der Waals surface area contributed by atoms with Gasteiger partial charge in [0.05, 0.1) is 22.7 Å². The molecule has 0 saturated heterocycles. The molecule has 0 N–H and O–H groups in total. The largest absolute Gasteiger partial charge is 0.456 e. The quantitative estimate of drug-likeness (QED) is 0.122. The molecule has 0 spiro atoms. The normalized spacial score (nSPS) is 11.6.